The molecule has 1 heterocycles. The lowest BCUT2D eigenvalue weighted by atomic mass is 10.3. The summed E-state index contributed by atoms with van der Waals surface area (Å²) >= 11 is 9.59. The highest BCUT2D eigenvalue weighted by Gasteiger charge is 2.08. The highest BCUT2D eigenvalue weighted by molar-refractivity contribution is 14.1. The number of hydrogen-bond acceptors (Lipinski definition) is 3. The van der Waals surface area contributed by atoms with Gasteiger partial charge in [-0.05, 0) is 52.3 Å². The summed E-state index contributed by atoms with van der Waals surface area (Å²) in [4.78, 5) is 8.62. The Bertz CT molecular complexity index is 481. The SMILES string of the molecule is C/C=C(/CN/C(=C/C(=[NH2+])Cl)c1ncc(I)[nH]1)SC. The van der Waals surface area contributed by atoms with E-state index in [1.165, 1.54) is 4.91 Å². The van der Waals surface area contributed by atoms with Crippen molar-refractivity contribution in [3.8, 4) is 0 Å². The Hall–Kier alpha value is -0.470. The van der Waals surface area contributed by atoms with Crippen molar-refractivity contribution in [1.29, 1.82) is 0 Å². The zero-order valence-corrected chi connectivity index (χ0v) is 13.9. The second-order valence-corrected chi connectivity index (χ2v) is 5.87. The second kappa shape index (κ2) is 7.85. The summed E-state index contributed by atoms with van der Waals surface area (Å²) in [6.07, 6.45) is 7.51. The summed E-state index contributed by atoms with van der Waals surface area (Å²) in [5.74, 6) is 0.722. The van der Waals surface area contributed by atoms with Crippen LogP contribution in [0.25, 0.3) is 5.70 Å². The molecule has 1 rings (SSSR count). The third kappa shape index (κ3) is 5.03. The average molecular weight is 398 g/mol. The van der Waals surface area contributed by atoms with Gasteiger partial charge in [0.05, 0.1) is 15.6 Å². The van der Waals surface area contributed by atoms with Crippen molar-refractivity contribution in [2.75, 3.05) is 12.8 Å². The van der Waals surface area contributed by atoms with Gasteiger partial charge < -0.3 is 10.3 Å². The van der Waals surface area contributed by atoms with Gasteiger partial charge in [0, 0.05) is 12.6 Å². The summed E-state index contributed by atoms with van der Waals surface area (Å²) in [6, 6.07) is 0. The molecule has 0 fully saturated rings. The quantitative estimate of drug-likeness (QED) is 0.505. The molecule has 4 N–H and O–H groups in total. The maximum absolute atomic E-state index is 5.73. The number of nitrogens with one attached hydrogen (secondary N) is 2. The third-order valence-electron chi connectivity index (χ3n) is 2.12. The fourth-order valence-electron chi connectivity index (χ4n) is 1.25. The molecule has 0 atom stereocenters. The standard InChI is InChI=1S/C11H14ClIN4S/c1-3-7(18-2)5-15-8(4-9(12)14)11-16-6-10(13)17-11/h3-4,6,14-15H,5H2,1-2H3,(H,16,17)/p+1/b7-3-,8-4+,14-9?. The summed E-state index contributed by atoms with van der Waals surface area (Å²) < 4.78 is 0.958. The van der Waals surface area contributed by atoms with Gasteiger partial charge in [-0.25, -0.2) is 10.4 Å². The number of allylic oxidation sites excluding steroid dienone is 2. The van der Waals surface area contributed by atoms with Crippen LogP contribution in [0, 0.1) is 3.70 Å². The maximum Gasteiger partial charge on any atom is 0.268 e. The number of nitrogens with zero attached hydrogens (tertiary/aromatic N) is 1. The van der Waals surface area contributed by atoms with Crippen LogP contribution in [-0.4, -0.2) is 27.9 Å². The van der Waals surface area contributed by atoms with Crippen LogP contribution >= 0.6 is 46.0 Å². The van der Waals surface area contributed by atoms with E-state index in [1.807, 2.05) is 13.2 Å². The first-order valence-corrected chi connectivity index (χ1v) is 7.88. The lowest BCUT2D eigenvalue weighted by Gasteiger charge is -2.09. The van der Waals surface area contributed by atoms with E-state index in [0.717, 1.165) is 15.2 Å². The lowest BCUT2D eigenvalue weighted by Crippen LogP contribution is -2.35. The van der Waals surface area contributed by atoms with E-state index in [-0.39, 0.29) is 5.17 Å². The normalized spacial score (nSPS) is 12.7. The highest BCUT2D eigenvalue weighted by Crippen LogP contribution is 2.13. The van der Waals surface area contributed by atoms with Crippen molar-refractivity contribution in [2.24, 2.45) is 0 Å². The molecule has 0 amide bonds. The monoisotopic (exact) mass is 397 g/mol. The molecule has 1 aromatic heterocycles. The minimum Gasteiger partial charge on any atom is -0.377 e. The van der Waals surface area contributed by atoms with Crippen LogP contribution in [-0.2, 0) is 0 Å². The van der Waals surface area contributed by atoms with Crippen LogP contribution in [0.4, 0.5) is 0 Å². The summed E-state index contributed by atoms with van der Waals surface area (Å²) in [5, 5.41) is 9.00. The van der Waals surface area contributed by atoms with Gasteiger partial charge >= 0.3 is 0 Å². The smallest absolute Gasteiger partial charge is 0.268 e. The number of halogens is 2. The molecule has 0 radical (unpaired) electrons. The van der Waals surface area contributed by atoms with Crippen molar-refractivity contribution in [2.45, 2.75) is 6.92 Å². The van der Waals surface area contributed by atoms with Crippen LogP contribution in [0.3, 0.4) is 0 Å². The van der Waals surface area contributed by atoms with Gasteiger partial charge in [-0.15, -0.1) is 11.8 Å². The minimum absolute atomic E-state index is 0.218. The Balaban J connectivity index is 2.84. The van der Waals surface area contributed by atoms with Gasteiger partial charge in [-0.2, -0.15) is 0 Å². The van der Waals surface area contributed by atoms with E-state index in [9.17, 15) is 0 Å². The summed E-state index contributed by atoms with van der Waals surface area (Å²) in [5.41, 5.74) is 0.777. The van der Waals surface area contributed by atoms with Gasteiger partial charge in [0.1, 0.15) is 0 Å². The zero-order chi connectivity index (χ0) is 13.5. The first-order chi connectivity index (χ1) is 8.56. The van der Waals surface area contributed by atoms with Crippen LogP contribution in [0.15, 0.2) is 23.3 Å². The summed E-state index contributed by atoms with van der Waals surface area (Å²) in [6.45, 7) is 2.72. The van der Waals surface area contributed by atoms with Gasteiger partial charge in [0.25, 0.3) is 5.17 Å². The van der Waals surface area contributed by atoms with Crippen LogP contribution in [0.2, 0.25) is 0 Å². The highest BCUT2D eigenvalue weighted by atomic mass is 127. The van der Waals surface area contributed by atoms with E-state index in [1.54, 1.807) is 24.0 Å². The molecule has 98 valence electrons. The number of thioether (sulfide) groups is 1. The Kier molecular flexibility index (Phi) is 6.80. The molecule has 0 spiro atoms. The first-order valence-electron chi connectivity index (χ1n) is 5.20. The van der Waals surface area contributed by atoms with Gasteiger partial charge in [-0.3, -0.25) is 0 Å². The molecule has 0 unspecified atom stereocenters. The minimum atomic E-state index is 0.218. The molecule has 0 saturated heterocycles. The molecule has 7 heteroatoms. The number of nitrogens with two attached hydrogens (primary N) is 1. The maximum atomic E-state index is 5.73. The Morgan fingerprint density at radius 2 is 2.44 bits per heavy atom. The van der Waals surface area contributed by atoms with Crippen molar-refractivity contribution in [3.63, 3.8) is 0 Å². The molecule has 1 aromatic rings. The molecule has 0 aliphatic rings. The first kappa shape index (κ1) is 15.6. The van der Waals surface area contributed by atoms with Crippen molar-refractivity contribution in [1.82, 2.24) is 15.3 Å². The number of aromatic amines is 1. The Morgan fingerprint density at radius 3 is 2.89 bits per heavy atom. The van der Waals surface area contributed by atoms with Crippen molar-refractivity contribution < 1.29 is 5.41 Å². The van der Waals surface area contributed by atoms with Crippen LogP contribution in [0.1, 0.15) is 12.7 Å². The van der Waals surface area contributed by atoms with Crippen molar-refractivity contribution >= 4 is 56.8 Å². The molecule has 0 saturated carbocycles. The predicted octanol–water partition coefficient (Wildman–Crippen LogP) is 1.61. The van der Waals surface area contributed by atoms with E-state index >= 15 is 0 Å². The predicted molar refractivity (Wildman–Crippen MR) is 87.3 cm³/mol. The fraction of sp³-hybridized carbons (Fsp3) is 0.273. The number of H-pyrrole nitrogens is 1. The van der Waals surface area contributed by atoms with Crippen LogP contribution in [0.5, 0.6) is 0 Å². The molecule has 0 aliphatic carbocycles. The largest absolute Gasteiger partial charge is 0.377 e. The number of imidazole rings is 1. The topological polar surface area (TPSA) is 66.3 Å². The molecule has 18 heavy (non-hydrogen) atoms. The third-order valence-corrected chi connectivity index (χ3v) is 3.68. The molecule has 4 nitrogen and oxygen atoms in total. The second-order valence-electron chi connectivity index (χ2n) is 3.34. The molecular formula is C11H15ClIN4S+. The fourth-order valence-corrected chi connectivity index (χ4v) is 2.21. The molecule has 0 aromatic carbocycles. The Morgan fingerprint density at radius 1 is 1.72 bits per heavy atom. The number of rotatable bonds is 6. The Labute approximate surface area is 129 Å². The van der Waals surface area contributed by atoms with Gasteiger partial charge in [-0.1, -0.05) is 6.08 Å². The number of hydrogen-bond donors (Lipinski definition) is 3. The lowest BCUT2D eigenvalue weighted by molar-refractivity contribution is -0.107. The van der Waals surface area contributed by atoms with Crippen LogP contribution < -0.4 is 10.7 Å². The van der Waals surface area contributed by atoms with E-state index in [2.05, 4.69) is 44.0 Å². The zero-order valence-electron chi connectivity index (χ0n) is 10.1. The van der Waals surface area contributed by atoms with Gasteiger partial charge in [0.15, 0.2) is 5.82 Å². The molecular weight excluding hydrogens is 383 g/mol. The van der Waals surface area contributed by atoms with E-state index in [4.69, 9.17) is 17.0 Å². The molecule has 0 bridgehead atoms. The average Bonchev–Trinajstić information content (AvgIpc) is 2.75. The molecule has 0 aliphatic heterocycles. The van der Waals surface area contributed by atoms with Gasteiger partial charge in [0.2, 0.25) is 0 Å². The number of aromatic nitrogens is 2. The van der Waals surface area contributed by atoms with E-state index < -0.39 is 0 Å². The van der Waals surface area contributed by atoms with E-state index in [0.29, 0.717) is 6.54 Å². The van der Waals surface area contributed by atoms with Crippen molar-refractivity contribution in [3.05, 3.63) is 32.8 Å². The summed E-state index contributed by atoms with van der Waals surface area (Å²) in [7, 11) is 0.